The van der Waals surface area contributed by atoms with Crippen LogP contribution in [0.2, 0.25) is 0 Å². The molecule has 168 valence electrons. The number of aryl methyl sites for hydroxylation is 1. The van der Waals surface area contributed by atoms with E-state index >= 15 is 0 Å². The van der Waals surface area contributed by atoms with Crippen molar-refractivity contribution in [3.8, 4) is 5.75 Å². The molecule has 33 heavy (non-hydrogen) atoms. The van der Waals surface area contributed by atoms with Crippen LogP contribution in [0.15, 0.2) is 66.5 Å². The first kappa shape index (κ1) is 21.8. The molecule has 0 radical (unpaired) electrons. The van der Waals surface area contributed by atoms with Crippen LogP contribution in [0.4, 0.5) is 5.69 Å². The van der Waals surface area contributed by atoms with Gasteiger partial charge in [-0.15, -0.1) is 0 Å². The van der Waals surface area contributed by atoms with Gasteiger partial charge in [0.2, 0.25) is 0 Å². The smallest absolute Gasteiger partial charge is 0.295 e. The second-order valence-electron chi connectivity index (χ2n) is 7.50. The number of hydrogen-bond donors (Lipinski definition) is 3. The molecular formula is C23H20N4O6. The molecule has 3 N–H and O–H groups in total. The Morgan fingerprint density at radius 2 is 1.94 bits per heavy atom. The van der Waals surface area contributed by atoms with Crippen molar-refractivity contribution in [3.05, 3.63) is 93.6 Å². The molecular weight excluding hydrogens is 428 g/mol. The van der Waals surface area contributed by atoms with Crippen molar-refractivity contribution in [2.24, 2.45) is 0 Å². The molecule has 0 spiro atoms. The number of phenols is 1. The molecule has 1 aliphatic heterocycles. The number of ketones is 1. The summed E-state index contributed by atoms with van der Waals surface area (Å²) in [6, 6.07) is 10.3. The fourth-order valence-corrected chi connectivity index (χ4v) is 3.96. The van der Waals surface area contributed by atoms with Gasteiger partial charge in [0.1, 0.15) is 17.3 Å². The van der Waals surface area contributed by atoms with Crippen LogP contribution >= 0.6 is 0 Å². The number of carbonyl (C=O) groups is 2. The van der Waals surface area contributed by atoms with Crippen molar-refractivity contribution in [1.29, 1.82) is 0 Å². The molecule has 1 atom stereocenters. The Morgan fingerprint density at radius 1 is 1.18 bits per heavy atom. The number of aromatic amines is 1. The highest BCUT2D eigenvalue weighted by molar-refractivity contribution is 6.46. The number of Topliss-reactive ketones (excluding diaryl/α,β-unsaturated/α-hetero) is 1. The zero-order valence-corrected chi connectivity index (χ0v) is 17.3. The minimum atomic E-state index is -1.24. The van der Waals surface area contributed by atoms with E-state index in [1.807, 2.05) is 0 Å². The number of nitro groups is 1. The summed E-state index contributed by atoms with van der Waals surface area (Å²) < 4.78 is 0. The van der Waals surface area contributed by atoms with E-state index in [0.29, 0.717) is 24.2 Å². The molecule has 1 unspecified atom stereocenters. The highest BCUT2D eigenvalue weighted by atomic mass is 16.6. The number of imidazole rings is 1. The fraction of sp³-hybridized carbons (Fsp3) is 0.174. The summed E-state index contributed by atoms with van der Waals surface area (Å²) in [7, 11) is 0. The van der Waals surface area contributed by atoms with E-state index in [2.05, 4.69) is 9.97 Å². The number of likely N-dealkylation sites (tertiary alicyclic amines) is 1. The minimum absolute atomic E-state index is 0.0605. The topological polar surface area (TPSA) is 150 Å². The van der Waals surface area contributed by atoms with E-state index in [9.17, 15) is 29.9 Å². The molecule has 1 fully saturated rings. The number of carbonyl (C=O) groups excluding carboxylic acids is 2. The third kappa shape index (κ3) is 4.18. The number of rotatable bonds is 7. The van der Waals surface area contributed by atoms with Gasteiger partial charge >= 0.3 is 0 Å². The lowest BCUT2D eigenvalue weighted by Crippen LogP contribution is -2.31. The highest BCUT2D eigenvalue weighted by Gasteiger charge is 2.48. The second-order valence-corrected chi connectivity index (χ2v) is 7.50. The lowest BCUT2D eigenvalue weighted by Gasteiger charge is -2.25. The quantitative estimate of drug-likeness (QED) is 0.165. The van der Waals surface area contributed by atoms with Gasteiger partial charge in [-0.1, -0.05) is 30.3 Å². The average molecular weight is 448 g/mol. The SMILES string of the molecule is O=C1C(=O)N(CCCc2ncc[nH]2)C(c2cc(O)ccc2[N+](=O)[O-])/C1=C(\O)c1ccccc1. The number of aromatic nitrogens is 2. The number of hydrogen-bond acceptors (Lipinski definition) is 7. The largest absolute Gasteiger partial charge is 0.508 e. The minimum Gasteiger partial charge on any atom is -0.508 e. The van der Waals surface area contributed by atoms with Gasteiger partial charge in [0.15, 0.2) is 0 Å². The molecule has 1 aromatic heterocycles. The van der Waals surface area contributed by atoms with Crippen molar-refractivity contribution in [1.82, 2.24) is 14.9 Å². The zero-order chi connectivity index (χ0) is 23.5. The second kappa shape index (κ2) is 8.95. The number of aliphatic hydroxyl groups excluding tert-OH is 1. The lowest BCUT2D eigenvalue weighted by atomic mass is 9.94. The molecule has 2 aromatic carbocycles. The first-order valence-electron chi connectivity index (χ1n) is 10.2. The van der Waals surface area contributed by atoms with Gasteiger partial charge in [0.05, 0.1) is 22.1 Å². The van der Waals surface area contributed by atoms with Crippen molar-refractivity contribution in [2.45, 2.75) is 18.9 Å². The number of nitro benzene ring substituents is 1. The predicted molar refractivity (Wildman–Crippen MR) is 117 cm³/mol. The summed E-state index contributed by atoms with van der Waals surface area (Å²) in [6.07, 6.45) is 4.15. The maximum Gasteiger partial charge on any atom is 0.295 e. The van der Waals surface area contributed by atoms with Crippen molar-refractivity contribution in [2.75, 3.05) is 6.54 Å². The molecule has 10 nitrogen and oxygen atoms in total. The molecule has 1 aliphatic rings. The number of amides is 1. The van der Waals surface area contributed by atoms with Crippen molar-refractivity contribution in [3.63, 3.8) is 0 Å². The summed E-state index contributed by atoms with van der Waals surface area (Å²) in [5.41, 5.74) is -0.416. The van der Waals surface area contributed by atoms with Crippen LogP contribution in [0.25, 0.3) is 5.76 Å². The van der Waals surface area contributed by atoms with E-state index in [1.165, 1.54) is 4.90 Å². The molecule has 0 bridgehead atoms. The summed E-state index contributed by atoms with van der Waals surface area (Å²) in [5, 5.41) is 32.7. The van der Waals surface area contributed by atoms with Gasteiger partial charge < -0.3 is 20.1 Å². The fourth-order valence-electron chi connectivity index (χ4n) is 3.96. The third-order valence-electron chi connectivity index (χ3n) is 5.46. The summed E-state index contributed by atoms with van der Waals surface area (Å²) in [5.74, 6) is -1.84. The van der Waals surface area contributed by atoms with Gasteiger partial charge in [-0.25, -0.2) is 4.98 Å². The number of aromatic hydroxyl groups is 1. The average Bonchev–Trinajstić information content (AvgIpc) is 3.41. The van der Waals surface area contributed by atoms with Crippen LogP contribution in [0, 0.1) is 10.1 Å². The Bertz CT molecular complexity index is 1240. The van der Waals surface area contributed by atoms with E-state index in [0.717, 1.165) is 18.2 Å². The molecule has 0 saturated carbocycles. The Hall–Kier alpha value is -4.47. The standard InChI is InChI=1S/C23H20N4O6/c28-15-8-9-17(27(32)33)16(13-15)20-19(21(29)14-5-2-1-3-6-14)22(30)23(31)26(20)12-4-7-18-24-10-11-25-18/h1-3,5-6,8-11,13,20,28-29H,4,7,12H2,(H,24,25)/b21-19+. The molecule has 1 amide bonds. The first-order valence-corrected chi connectivity index (χ1v) is 10.2. The zero-order valence-electron chi connectivity index (χ0n) is 17.3. The van der Waals surface area contributed by atoms with Gasteiger partial charge in [-0.05, 0) is 18.6 Å². The molecule has 0 aliphatic carbocycles. The number of phenolic OH excluding ortho intramolecular Hbond substituents is 1. The van der Waals surface area contributed by atoms with Crippen LogP contribution in [0.3, 0.4) is 0 Å². The monoisotopic (exact) mass is 448 g/mol. The Morgan fingerprint density at radius 3 is 2.61 bits per heavy atom. The molecule has 1 saturated heterocycles. The van der Waals surface area contributed by atoms with Gasteiger partial charge in [-0.3, -0.25) is 19.7 Å². The van der Waals surface area contributed by atoms with Crippen LogP contribution in [-0.2, 0) is 16.0 Å². The number of H-pyrrole nitrogens is 1. The van der Waals surface area contributed by atoms with Crippen LogP contribution in [0.1, 0.15) is 29.4 Å². The molecule has 4 rings (SSSR count). The summed E-state index contributed by atoms with van der Waals surface area (Å²) in [4.78, 5) is 45.3. The predicted octanol–water partition coefficient (Wildman–Crippen LogP) is 3.08. The number of benzene rings is 2. The summed E-state index contributed by atoms with van der Waals surface area (Å²) >= 11 is 0. The maximum atomic E-state index is 13.0. The van der Waals surface area contributed by atoms with E-state index in [1.54, 1.807) is 42.7 Å². The van der Waals surface area contributed by atoms with Gasteiger partial charge in [0.25, 0.3) is 17.4 Å². The molecule has 3 aromatic rings. The van der Waals surface area contributed by atoms with Gasteiger partial charge in [-0.2, -0.15) is 0 Å². The lowest BCUT2D eigenvalue weighted by molar-refractivity contribution is -0.385. The third-order valence-corrected chi connectivity index (χ3v) is 5.46. The Balaban J connectivity index is 1.82. The molecule has 2 heterocycles. The summed E-state index contributed by atoms with van der Waals surface area (Å²) in [6.45, 7) is 0.0777. The van der Waals surface area contributed by atoms with Crippen molar-refractivity contribution >= 4 is 23.1 Å². The van der Waals surface area contributed by atoms with Crippen LogP contribution < -0.4 is 0 Å². The molecule has 10 heteroatoms. The first-order chi connectivity index (χ1) is 15.9. The normalized spacial score (nSPS) is 17.5. The van der Waals surface area contributed by atoms with E-state index in [-0.39, 0.29) is 29.1 Å². The van der Waals surface area contributed by atoms with E-state index in [4.69, 9.17) is 0 Å². The van der Waals surface area contributed by atoms with Crippen molar-refractivity contribution < 1.29 is 24.7 Å². The van der Waals surface area contributed by atoms with Crippen LogP contribution in [-0.4, -0.2) is 48.2 Å². The van der Waals surface area contributed by atoms with E-state index < -0.39 is 28.4 Å². The van der Waals surface area contributed by atoms with Gasteiger partial charge in [0, 0.05) is 37.0 Å². The number of aliphatic hydroxyl groups is 1. The Kier molecular flexibility index (Phi) is 5.90. The highest BCUT2D eigenvalue weighted by Crippen LogP contribution is 2.43. The number of nitrogens with zero attached hydrogens (tertiary/aromatic N) is 3. The Labute approximate surface area is 188 Å². The maximum absolute atomic E-state index is 13.0. The number of nitrogens with one attached hydrogen (secondary N) is 1. The van der Waals surface area contributed by atoms with Crippen LogP contribution in [0.5, 0.6) is 5.75 Å².